The van der Waals surface area contributed by atoms with Crippen molar-refractivity contribution in [1.29, 1.82) is 0 Å². The Labute approximate surface area is 126 Å². The Balaban J connectivity index is 2.12. The van der Waals surface area contributed by atoms with Gasteiger partial charge in [0.25, 0.3) is 0 Å². The zero-order valence-electron chi connectivity index (χ0n) is 11.1. The van der Waals surface area contributed by atoms with Gasteiger partial charge in [0, 0.05) is 12.2 Å². The summed E-state index contributed by atoms with van der Waals surface area (Å²) in [6.45, 7) is 2.05. The molecular formula is C15H16BrFN2O. The second-order valence-electron chi connectivity index (χ2n) is 4.58. The van der Waals surface area contributed by atoms with E-state index in [1.165, 1.54) is 6.07 Å². The summed E-state index contributed by atoms with van der Waals surface area (Å²) in [7, 11) is 0. The van der Waals surface area contributed by atoms with E-state index in [1.807, 2.05) is 6.07 Å². The SMILES string of the molecule is CCC(N)Cc1cncc(Oc2ccc(F)c(Br)c2)c1. The van der Waals surface area contributed by atoms with Crippen LogP contribution in [0.1, 0.15) is 18.9 Å². The van der Waals surface area contributed by atoms with Crippen molar-refractivity contribution in [2.75, 3.05) is 0 Å². The summed E-state index contributed by atoms with van der Waals surface area (Å²) >= 11 is 3.13. The number of nitrogens with two attached hydrogens (primary N) is 1. The molecule has 2 rings (SSSR count). The smallest absolute Gasteiger partial charge is 0.145 e. The highest BCUT2D eigenvalue weighted by molar-refractivity contribution is 9.10. The van der Waals surface area contributed by atoms with Crippen molar-refractivity contribution in [3.63, 3.8) is 0 Å². The van der Waals surface area contributed by atoms with Gasteiger partial charge in [-0.1, -0.05) is 6.92 Å². The van der Waals surface area contributed by atoms with E-state index in [9.17, 15) is 4.39 Å². The van der Waals surface area contributed by atoms with Gasteiger partial charge in [0.15, 0.2) is 0 Å². The summed E-state index contributed by atoms with van der Waals surface area (Å²) in [6, 6.07) is 6.53. The number of ether oxygens (including phenoxy) is 1. The predicted molar refractivity (Wildman–Crippen MR) is 80.4 cm³/mol. The van der Waals surface area contributed by atoms with Crippen molar-refractivity contribution in [3.05, 3.63) is 52.5 Å². The van der Waals surface area contributed by atoms with Gasteiger partial charge in [-0.2, -0.15) is 0 Å². The monoisotopic (exact) mass is 338 g/mol. The fourth-order valence-electron chi connectivity index (χ4n) is 1.75. The van der Waals surface area contributed by atoms with Crippen LogP contribution >= 0.6 is 15.9 Å². The number of hydrogen-bond donors (Lipinski definition) is 1. The number of hydrogen-bond acceptors (Lipinski definition) is 3. The lowest BCUT2D eigenvalue weighted by atomic mass is 10.1. The molecule has 1 atom stereocenters. The molecule has 0 aliphatic heterocycles. The molecule has 0 radical (unpaired) electrons. The van der Waals surface area contributed by atoms with Gasteiger partial charge in [0.1, 0.15) is 17.3 Å². The van der Waals surface area contributed by atoms with Crippen LogP contribution in [0, 0.1) is 5.82 Å². The Bertz CT molecular complexity index is 592. The molecule has 0 amide bonds. The number of benzene rings is 1. The molecule has 1 unspecified atom stereocenters. The summed E-state index contributed by atoms with van der Waals surface area (Å²) < 4.78 is 19.2. The Hall–Kier alpha value is -1.46. The van der Waals surface area contributed by atoms with Crippen LogP contribution in [-0.4, -0.2) is 11.0 Å². The van der Waals surface area contributed by atoms with Crippen molar-refractivity contribution in [3.8, 4) is 11.5 Å². The van der Waals surface area contributed by atoms with E-state index in [0.717, 1.165) is 18.4 Å². The van der Waals surface area contributed by atoms with E-state index < -0.39 is 0 Å². The van der Waals surface area contributed by atoms with E-state index in [0.29, 0.717) is 16.0 Å². The number of pyridine rings is 1. The van der Waals surface area contributed by atoms with Crippen LogP contribution in [0.15, 0.2) is 41.1 Å². The van der Waals surface area contributed by atoms with Gasteiger partial charge < -0.3 is 10.5 Å². The summed E-state index contributed by atoms with van der Waals surface area (Å²) in [5.41, 5.74) is 6.95. The van der Waals surface area contributed by atoms with Gasteiger partial charge >= 0.3 is 0 Å². The van der Waals surface area contributed by atoms with E-state index in [-0.39, 0.29) is 11.9 Å². The van der Waals surface area contributed by atoms with Crippen LogP contribution in [0.5, 0.6) is 11.5 Å². The highest BCUT2D eigenvalue weighted by atomic mass is 79.9. The molecule has 0 bridgehead atoms. The van der Waals surface area contributed by atoms with Crippen molar-refractivity contribution >= 4 is 15.9 Å². The Morgan fingerprint density at radius 1 is 1.30 bits per heavy atom. The summed E-state index contributed by atoms with van der Waals surface area (Å²) in [5, 5.41) is 0. The van der Waals surface area contributed by atoms with Crippen LogP contribution in [0.3, 0.4) is 0 Å². The molecule has 3 nitrogen and oxygen atoms in total. The number of rotatable bonds is 5. The number of aromatic nitrogens is 1. The van der Waals surface area contributed by atoms with Gasteiger partial charge in [-0.15, -0.1) is 0 Å². The highest BCUT2D eigenvalue weighted by Gasteiger charge is 2.06. The zero-order chi connectivity index (χ0) is 14.5. The molecule has 0 saturated carbocycles. The van der Waals surface area contributed by atoms with Crippen molar-refractivity contribution in [2.24, 2.45) is 5.73 Å². The second kappa shape index (κ2) is 6.81. The maximum absolute atomic E-state index is 13.2. The maximum Gasteiger partial charge on any atom is 0.145 e. The third-order valence-corrected chi connectivity index (χ3v) is 3.53. The molecule has 0 aliphatic rings. The van der Waals surface area contributed by atoms with Gasteiger partial charge in [-0.3, -0.25) is 4.98 Å². The topological polar surface area (TPSA) is 48.1 Å². The van der Waals surface area contributed by atoms with E-state index in [2.05, 4.69) is 27.8 Å². The summed E-state index contributed by atoms with van der Waals surface area (Å²) in [5.74, 6) is 0.847. The van der Waals surface area contributed by atoms with Crippen LogP contribution in [0.4, 0.5) is 4.39 Å². The average Bonchev–Trinajstić information content (AvgIpc) is 2.43. The minimum absolute atomic E-state index is 0.118. The maximum atomic E-state index is 13.2. The lowest BCUT2D eigenvalue weighted by Crippen LogP contribution is -2.21. The van der Waals surface area contributed by atoms with Crippen LogP contribution in [-0.2, 0) is 6.42 Å². The Morgan fingerprint density at radius 2 is 2.10 bits per heavy atom. The first-order valence-electron chi connectivity index (χ1n) is 6.41. The van der Waals surface area contributed by atoms with Crippen molar-refractivity contribution in [1.82, 2.24) is 4.98 Å². The first-order valence-corrected chi connectivity index (χ1v) is 7.20. The lowest BCUT2D eigenvalue weighted by Gasteiger charge is -2.10. The van der Waals surface area contributed by atoms with Crippen molar-refractivity contribution < 1.29 is 9.13 Å². The lowest BCUT2D eigenvalue weighted by molar-refractivity contribution is 0.476. The molecule has 0 fully saturated rings. The number of halogens is 2. The van der Waals surface area contributed by atoms with Crippen LogP contribution in [0.25, 0.3) is 0 Å². The fraction of sp³-hybridized carbons (Fsp3) is 0.267. The molecule has 5 heteroatoms. The first kappa shape index (κ1) is 14.9. The Kier molecular flexibility index (Phi) is 5.09. The molecule has 1 aromatic carbocycles. The third kappa shape index (κ3) is 4.02. The molecule has 1 heterocycles. The third-order valence-electron chi connectivity index (χ3n) is 2.92. The van der Waals surface area contributed by atoms with Gasteiger partial charge in [0.2, 0.25) is 0 Å². The van der Waals surface area contributed by atoms with E-state index in [4.69, 9.17) is 10.5 Å². The highest BCUT2D eigenvalue weighted by Crippen LogP contribution is 2.26. The zero-order valence-corrected chi connectivity index (χ0v) is 12.7. The van der Waals surface area contributed by atoms with Crippen molar-refractivity contribution in [2.45, 2.75) is 25.8 Å². The molecule has 0 spiro atoms. The van der Waals surface area contributed by atoms with E-state index in [1.54, 1.807) is 24.5 Å². The van der Waals surface area contributed by atoms with Crippen LogP contribution in [0.2, 0.25) is 0 Å². The minimum Gasteiger partial charge on any atom is -0.456 e. The van der Waals surface area contributed by atoms with Gasteiger partial charge in [-0.05, 0) is 58.6 Å². The molecule has 1 aromatic heterocycles. The second-order valence-corrected chi connectivity index (χ2v) is 5.43. The molecule has 0 saturated heterocycles. The standard InChI is InChI=1S/C15H16BrFN2O/c1-2-11(18)5-10-6-13(9-19-8-10)20-12-3-4-15(17)14(16)7-12/h3-4,6-9,11H,2,5,18H2,1H3. The summed E-state index contributed by atoms with van der Waals surface area (Å²) in [4.78, 5) is 4.14. The molecular weight excluding hydrogens is 323 g/mol. The molecule has 20 heavy (non-hydrogen) atoms. The van der Waals surface area contributed by atoms with Gasteiger partial charge in [-0.25, -0.2) is 4.39 Å². The minimum atomic E-state index is -0.321. The molecule has 0 aliphatic carbocycles. The quantitative estimate of drug-likeness (QED) is 0.894. The first-order chi connectivity index (χ1) is 9.58. The average molecular weight is 339 g/mol. The molecule has 106 valence electrons. The summed E-state index contributed by atoms with van der Waals surface area (Å²) in [6.07, 6.45) is 5.07. The molecule has 2 aromatic rings. The fourth-order valence-corrected chi connectivity index (χ4v) is 2.11. The number of nitrogens with zero attached hydrogens (tertiary/aromatic N) is 1. The normalized spacial score (nSPS) is 12.2. The van der Waals surface area contributed by atoms with Gasteiger partial charge in [0.05, 0.1) is 10.7 Å². The predicted octanol–water partition coefficient (Wildman–Crippen LogP) is 4.06. The molecule has 2 N–H and O–H groups in total. The van der Waals surface area contributed by atoms with E-state index >= 15 is 0 Å². The largest absolute Gasteiger partial charge is 0.456 e. The Morgan fingerprint density at radius 3 is 2.80 bits per heavy atom. The van der Waals surface area contributed by atoms with Crippen LogP contribution < -0.4 is 10.5 Å².